The minimum atomic E-state index is 0.0382. The van der Waals surface area contributed by atoms with Gasteiger partial charge in [-0.2, -0.15) is 0 Å². The predicted molar refractivity (Wildman–Crippen MR) is 93.9 cm³/mol. The SMILES string of the molecule is CC(C)N1C(=O)CO[C@H]2CCN(C(=O)CCc3cccnc3)CC[C@@H]21. The van der Waals surface area contributed by atoms with E-state index in [0.29, 0.717) is 25.9 Å². The summed E-state index contributed by atoms with van der Waals surface area (Å²) in [5.74, 6) is 0.234. The molecule has 0 radical (unpaired) electrons. The third kappa shape index (κ3) is 4.18. The molecule has 2 aliphatic heterocycles. The van der Waals surface area contributed by atoms with Crippen LogP contribution in [0.1, 0.15) is 38.7 Å². The van der Waals surface area contributed by atoms with Gasteiger partial charge in [-0.25, -0.2) is 0 Å². The summed E-state index contributed by atoms with van der Waals surface area (Å²) in [6.45, 7) is 5.64. The average Bonchev–Trinajstić information content (AvgIpc) is 2.82. The molecule has 25 heavy (non-hydrogen) atoms. The van der Waals surface area contributed by atoms with Gasteiger partial charge >= 0.3 is 0 Å². The van der Waals surface area contributed by atoms with Crippen molar-refractivity contribution in [3.05, 3.63) is 30.1 Å². The Hall–Kier alpha value is -1.95. The Balaban J connectivity index is 1.59. The van der Waals surface area contributed by atoms with Gasteiger partial charge < -0.3 is 14.5 Å². The zero-order chi connectivity index (χ0) is 17.8. The maximum Gasteiger partial charge on any atom is 0.249 e. The van der Waals surface area contributed by atoms with Gasteiger partial charge in [-0.3, -0.25) is 14.6 Å². The van der Waals surface area contributed by atoms with E-state index in [4.69, 9.17) is 4.74 Å². The fourth-order valence-corrected chi connectivity index (χ4v) is 3.89. The largest absolute Gasteiger partial charge is 0.366 e. The van der Waals surface area contributed by atoms with Crippen molar-refractivity contribution in [3.8, 4) is 0 Å². The molecule has 2 aliphatic rings. The maximum atomic E-state index is 12.6. The molecule has 2 fully saturated rings. The van der Waals surface area contributed by atoms with Gasteiger partial charge in [0, 0.05) is 37.9 Å². The molecule has 0 saturated carbocycles. The van der Waals surface area contributed by atoms with Crippen molar-refractivity contribution in [2.45, 2.75) is 57.7 Å². The molecule has 0 N–H and O–H groups in total. The van der Waals surface area contributed by atoms with Crippen LogP contribution in [-0.4, -0.2) is 64.5 Å². The number of nitrogens with zero attached hydrogens (tertiary/aromatic N) is 3. The first-order valence-corrected chi connectivity index (χ1v) is 9.15. The Morgan fingerprint density at radius 2 is 2.16 bits per heavy atom. The fourth-order valence-electron chi connectivity index (χ4n) is 3.89. The number of amides is 2. The number of morpholine rings is 1. The second kappa shape index (κ2) is 7.95. The van der Waals surface area contributed by atoms with Crippen LogP contribution in [0.25, 0.3) is 0 Å². The third-order valence-electron chi connectivity index (χ3n) is 5.13. The van der Waals surface area contributed by atoms with Gasteiger partial charge in [0.15, 0.2) is 0 Å². The van der Waals surface area contributed by atoms with Crippen LogP contribution < -0.4 is 0 Å². The van der Waals surface area contributed by atoms with Crippen LogP contribution >= 0.6 is 0 Å². The monoisotopic (exact) mass is 345 g/mol. The number of carbonyl (C=O) groups excluding carboxylic acids is 2. The zero-order valence-corrected chi connectivity index (χ0v) is 15.1. The number of fused-ring (bicyclic) bond motifs is 1. The fraction of sp³-hybridized carbons (Fsp3) is 0.632. The molecule has 2 atom stereocenters. The molecule has 2 saturated heterocycles. The quantitative estimate of drug-likeness (QED) is 0.832. The smallest absolute Gasteiger partial charge is 0.249 e. The molecule has 3 heterocycles. The summed E-state index contributed by atoms with van der Waals surface area (Å²) >= 11 is 0. The lowest BCUT2D eigenvalue weighted by Gasteiger charge is -2.42. The van der Waals surface area contributed by atoms with Crippen molar-refractivity contribution in [2.75, 3.05) is 19.7 Å². The number of rotatable bonds is 4. The molecule has 1 aromatic rings. The molecule has 0 aromatic carbocycles. The van der Waals surface area contributed by atoms with Gasteiger partial charge in [-0.15, -0.1) is 0 Å². The average molecular weight is 345 g/mol. The lowest BCUT2D eigenvalue weighted by atomic mass is 10.0. The molecule has 6 nitrogen and oxygen atoms in total. The van der Waals surface area contributed by atoms with Crippen molar-refractivity contribution >= 4 is 11.8 Å². The molecular weight excluding hydrogens is 318 g/mol. The first-order chi connectivity index (χ1) is 12.1. The van der Waals surface area contributed by atoms with Crippen LogP contribution in [0.5, 0.6) is 0 Å². The number of hydrogen-bond acceptors (Lipinski definition) is 4. The van der Waals surface area contributed by atoms with Crippen LogP contribution in [0.15, 0.2) is 24.5 Å². The van der Waals surface area contributed by atoms with Crippen molar-refractivity contribution < 1.29 is 14.3 Å². The highest BCUT2D eigenvalue weighted by Crippen LogP contribution is 2.26. The maximum absolute atomic E-state index is 12.6. The number of aromatic nitrogens is 1. The van der Waals surface area contributed by atoms with Gasteiger partial charge in [-0.1, -0.05) is 6.07 Å². The number of pyridine rings is 1. The molecular formula is C19H27N3O3. The van der Waals surface area contributed by atoms with Crippen LogP contribution in [0, 0.1) is 0 Å². The van der Waals surface area contributed by atoms with E-state index in [-0.39, 0.29) is 36.6 Å². The van der Waals surface area contributed by atoms with Crippen molar-refractivity contribution in [1.82, 2.24) is 14.8 Å². The van der Waals surface area contributed by atoms with Gasteiger partial charge in [0.25, 0.3) is 0 Å². The molecule has 2 amide bonds. The number of carbonyl (C=O) groups is 2. The minimum Gasteiger partial charge on any atom is -0.366 e. The van der Waals surface area contributed by atoms with Crippen LogP contribution in [0.3, 0.4) is 0 Å². The second-order valence-corrected chi connectivity index (χ2v) is 7.13. The van der Waals surface area contributed by atoms with E-state index < -0.39 is 0 Å². The van der Waals surface area contributed by atoms with E-state index in [1.165, 1.54) is 0 Å². The summed E-state index contributed by atoms with van der Waals surface area (Å²) in [5, 5.41) is 0. The van der Waals surface area contributed by atoms with E-state index >= 15 is 0 Å². The Labute approximate surface area is 149 Å². The van der Waals surface area contributed by atoms with Crippen molar-refractivity contribution in [2.24, 2.45) is 0 Å². The molecule has 6 heteroatoms. The van der Waals surface area contributed by atoms with Gasteiger partial charge in [0.05, 0.1) is 12.1 Å². The van der Waals surface area contributed by atoms with Crippen molar-refractivity contribution in [1.29, 1.82) is 0 Å². The first-order valence-electron chi connectivity index (χ1n) is 9.15. The standard InChI is InChI=1S/C19H27N3O3/c1-14(2)22-16-7-10-21(11-8-17(16)25-13-19(22)24)18(23)6-5-15-4-3-9-20-12-15/h3-4,9,12,14,16-17H,5-8,10-11,13H2,1-2H3/t16-,17-/m0/s1. The Kier molecular flexibility index (Phi) is 5.68. The summed E-state index contributed by atoms with van der Waals surface area (Å²) in [6.07, 6.45) is 6.37. The molecule has 136 valence electrons. The van der Waals surface area contributed by atoms with Gasteiger partial charge in [-0.05, 0) is 44.7 Å². The first kappa shape index (κ1) is 17.9. The van der Waals surface area contributed by atoms with Crippen LogP contribution in [0.4, 0.5) is 0 Å². The topological polar surface area (TPSA) is 62.7 Å². The summed E-state index contributed by atoms with van der Waals surface area (Å²) in [5.41, 5.74) is 1.08. The normalized spacial score (nSPS) is 24.2. The summed E-state index contributed by atoms with van der Waals surface area (Å²) in [7, 11) is 0. The highest BCUT2D eigenvalue weighted by Gasteiger charge is 2.39. The van der Waals surface area contributed by atoms with Gasteiger partial charge in [0.2, 0.25) is 11.8 Å². The van der Waals surface area contributed by atoms with E-state index in [1.54, 1.807) is 6.20 Å². The number of ether oxygens (including phenoxy) is 1. The third-order valence-corrected chi connectivity index (χ3v) is 5.13. The summed E-state index contributed by atoms with van der Waals surface area (Å²) < 4.78 is 5.77. The lowest BCUT2D eigenvalue weighted by Crippen LogP contribution is -2.56. The lowest BCUT2D eigenvalue weighted by molar-refractivity contribution is -0.160. The summed E-state index contributed by atoms with van der Waals surface area (Å²) in [4.78, 5) is 32.8. The second-order valence-electron chi connectivity index (χ2n) is 7.13. The van der Waals surface area contributed by atoms with Crippen LogP contribution in [0.2, 0.25) is 0 Å². The molecule has 0 bridgehead atoms. The number of aryl methyl sites for hydroxylation is 1. The van der Waals surface area contributed by atoms with E-state index in [9.17, 15) is 9.59 Å². The highest BCUT2D eigenvalue weighted by molar-refractivity contribution is 5.79. The highest BCUT2D eigenvalue weighted by atomic mass is 16.5. The minimum absolute atomic E-state index is 0.0382. The molecule has 3 rings (SSSR count). The Morgan fingerprint density at radius 1 is 1.36 bits per heavy atom. The van der Waals surface area contributed by atoms with E-state index in [0.717, 1.165) is 18.4 Å². The van der Waals surface area contributed by atoms with E-state index in [1.807, 2.05) is 42.0 Å². The molecule has 0 unspecified atom stereocenters. The molecule has 0 aliphatic carbocycles. The van der Waals surface area contributed by atoms with Gasteiger partial charge in [0.1, 0.15) is 6.61 Å². The van der Waals surface area contributed by atoms with Crippen LogP contribution in [-0.2, 0) is 20.7 Å². The summed E-state index contributed by atoms with van der Waals surface area (Å²) in [6, 6.07) is 4.14. The molecule has 1 aromatic heterocycles. The van der Waals surface area contributed by atoms with E-state index in [2.05, 4.69) is 4.98 Å². The molecule has 0 spiro atoms. The number of likely N-dealkylation sites (tertiary alicyclic amines) is 1. The Bertz CT molecular complexity index is 605. The number of hydrogen-bond donors (Lipinski definition) is 0. The van der Waals surface area contributed by atoms with Crippen molar-refractivity contribution in [3.63, 3.8) is 0 Å². The predicted octanol–water partition coefficient (Wildman–Crippen LogP) is 1.64. The zero-order valence-electron chi connectivity index (χ0n) is 15.1. The Morgan fingerprint density at radius 3 is 2.88 bits per heavy atom.